The van der Waals surface area contributed by atoms with Crippen molar-refractivity contribution in [2.75, 3.05) is 10.6 Å². The summed E-state index contributed by atoms with van der Waals surface area (Å²) in [4.78, 5) is 25.4. The molecule has 0 aliphatic rings. The van der Waals surface area contributed by atoms with E-state index in [9.17, 15) is 22.8 Å². The summed E-state index contributed by atoms with van der Waals surface area (Å²) in [5.41, 5.74) is -0.109. The molecule has 3 amide bonds. The molecule has 34 heavy (non-hydrogen) atoms. The van der Waals surface area contributed by atoms with E-state index < -0.39 is 29.7 Å². The van der Waals surface area contributed by atoms with Crippen molar-refractivity contribution in [1.82, 2.24) is 15.5 Å². The van der Waals surface area contributed by atoms with Crippen LogP contribution in [0, 0.1) is 5.92 Å². The highest BCUT2D eigenvalue weighted by Crippen LogP contribution is 2.31. The highest BCUT2D eigenvalue weighted by Gasteiger charge is 2.31. The molecular weight excluding hydrogens is 535 g/mol. The Labute approximate surface area is 206 Å². The van der Waals surface area contributed by atoms with Crippen LogP contribution < -0.4 is 16.0 Å². The Morgan fingerprint density at radius 3 is 2.50 bits per heavy atom. The summed E-state index contributed by atoms with van der Waals surface area (Å²) in [7, 11) is 0. The number of benzene rings is 2. The Hall–Kier alpha value is -2.99. The monoisotopic (exact) mass is 555 g/mol. The second-order valence-corrected chi connectivity index (χ2v) is 9.35. The van der Waals surface area contributed by atoms with E-state index in [2.05, 4.69) is 42.1 Å². The molecule has 0 saturated carbocycles. The van der Waals surface area contributed by atoms with Crippen molar-refractivity contribution in [3.05, 3.63) is 58.6 Å². The molecular formula is C22H21BrF3N5O2S. The third kappa shape index (κ3) is 6.76. The van der Waals surface area contributed by atoms with E-state index in [4.69, 9.17) is 0 Å². The standard InChI is InChI=1S/C22H21BrF3N5O2S/c1-3-12(2)17(28-20(33)27-16-9-5-7-14(11-16)22(24,25)26)18(32)29-21-31-30-19(34-21)13-6-4-8-15(23)10-13/h4-12,17H,3H2,1-2H3,(H2,27,28,33)(H,29,31,32). The molecule has 0 aliphatic heterocycles. The molecule has 0 spiro atoms. The first kappa shape index (κ1) is 25.6. The van der Waals surface area contributed by atoms with Crippen LogP contribution in [0.2, 0.25) is 0 Å². The Kier molecular flexibility index (Phi) is 8.26. The molecule has 0 saturated heterocycles. The van der Waals surface area contributed by atoms with Crippen LogP contribution in [0.1, 0.15) is 25.8 Å². The molecule has 12 heteroatoms. The van der Waals surface area contributed by atoms with Gasteiger partial charge in [-0.25, -0.2) is 4.79 Å². The number of hydrogen-bond acceptors (Lipinski definition) is 5. The average Bonchev–Trinajstić information content (AvgIpc) is 3.25. The minimum absolute atomic E-state index is 0.0431. The van der Waals surface area contributed by atoms with E-state index in [0.717, 1.165) is 22.2 Å². The van der Waals surface area contributed by atoms with E-state index in [1.807, 2.05) is 31.2 Å². The number of hydrogen-bond donors (Lipinski definition) is 3. The number of carbonyl (C=O) groups is 2. The maximum atomic E-state index is 12.9. The zero-order chi connectivity index (χ0) is 24.9. The van der Waals surface area contributed by atoms with E-state index >= 15 is 0 Å². The predicted molar refractivity (Wildman–Crippen MR) is 129 cm³/mol. The average molecular weight is 556 g/mol. The maximum Gasteiger partial charge on any atom is 0.416 e. The molecule has 7 nitrogen and oxygen atoms in total. The molecule has 2 atom stereocenters. The molecule has 3 aromatic rings. The van der Waals surface area contributed by atoms with Crippen molar-refractivity contribution in [1.29, 1.82) is 0 Å². The van der Waals surface area contributed by atoms with Gasteiger partial charge in [0.15, 0.2) is 0 Å². The van der Waals surface area contributed by atoms with Crippen molar-refractivity contribution >= 4 is 50.0 Å². The van der Waals surface area contributed by atoms with Gasteiger partial charge in [-0.3, -0.25) is 10.1 Å². The maximum absolute atomic E-state index is 12.9. The summed E-state index contributed by atoms with van der Waals surface area (Å²) >= 11 is 4.57. The smallest absolute Gasteiger partial charge is 0.326 e. The topological polar surface area (TPSA) is 96.0 Å². The highest BCUT2D eigenvalue weighted by molar-refractivity contribution is 9.10. The lowest BCUT2D eigenvalue weighted by atomic mass is 9.98. The van der Waals surface area contributed by atoms with Crippen molar-refractivity contribution in [3.63, 3.8) is 0 Å². The van der Waals surface area contributed by atoms with E-state index in [1.54, 1.807) is 6.92 Å². The lowest BCUT2D eigenvalue weighted by Crippen LogP contribution is -2.49. The number of rotatable bonds is 7. The minimum atomic E-state index is -4.54. The summed E-state index contributed by atoms with van der Waals surface area (Å²) in [5.74, 6) is -0.768. The number of aromatic nitrogens is 2. The first-order valence-corrected chi connectivity index (χ1v) is 11.8. The number of amides is 3. The summed E-state index contributed by atoms with van der Waals surface area (Å²) < 4.78 is 39.6. The fourth-order valence-corrected chi connectivity index (χ4v) is 4.12. The zero-order valence-corrected chi connectivity index (χ0v) is 20.5. The van der Waals surface area contributed by atoms with Gasteiger partial charge >= 0.3 is 12.2 Å². The number of halogens is 4. The molecule has 0 fully saturated rings. The van der Waals surface area contributed by atoms with Crippen LogP contribution in [-0.2, 0) is 11.0 Å². The van der Waals surface area contributed by atoms with Crippen LogP contribution in [0.5, 0.6) is 0 Å². The number of nitrogens with zero attached hydrogens (tertiary/aromatic N) is 2. The van der Waals surface area contributed by atoms with Gasteiger partial charge in [0, 0.05) is 15.7 Å². The molecule has 1 heterocycles. The second kappa shape index (κ2) is 11.0. The molecule has 180 valence electrons. The second-order valence-electron chi connectivity index (χ2n) is 7.45. The molecule has 2 aromatic carbocycles. The third-order valence-corrected chi connectivity index (χ3v) is 6.34. The number of alkyl halides is 3. The van der Waals surface area contributed by atoms with Crippen LogP contribution in [0.15, 0.2) is 53.0 Å². The van der Waals surface area contributed by atoms with Crippen LogP contribution in [0.4, 0.5) is 28.8 Å². The van der Waals surface area contributed by atoms with Crippen LogP contribution in [0.25, 0.3) is 10.6 Å². The molecule has 3 rings (SSSR count). The van der Waals surface area contributed by atoms with Gasteiger partial charge in [0.1, 0.15) is 11.0 Å². The lowest BCUT2D eigenvalue weighted by molar-refractivity contribution is -0.137. The molecule has 0 bridgehead atoms. The van der Waals surface area contributed by atoms with Gasteiger partial charge < -0.3 is 10.6 Å². The number of nitrogens with one attached hydrogen (secondary N) is 3. The van der Waals surface area contributed by atoms with Crippen molar-refractivity contribution in [2.24, 2.45) is 5.92 Å². The van der Waals surface area contributed by atoms with Crippen molar-refractivity contribution < 1.29 is 22.8 Å². The molecule has 2 unspecified atom stereocenters. The third-order valence-electron chi connectivity index (χ3n) is 4.96. The van der Waals surface area contributed by atoms with Gasteiger partial charge in [-0.2, -0.15) is 13.2 Å². The fourth-order valence-electron chi connectivity index (χ4n) is 2.98. The largest absolute Gasteiger partial charge is 0.416 e. The van der Waals surface area contributed by atoms with E-state index in [1.165, 1.54) is 23.5 Å². The Balaban J connectivity index is 1.69. The number of anilines is 2. The van der Waals surface area contributed by atoms with E-state index in [0.29, 0.717) is 11.4 Å². The van der Waals surface area contributed by atoms with Gasteiger partial charge in [-0.1, -0.05) is 65.7 Å². The van der Waals surface area contributed by atoms with Gasteiger partial charge in [0.05, 0.1) is 5.56 Å². The molecule has 1 aromatic heterocycles. The van der Waals surface area contributed by atoms with Gasteiger partial charge in [0.2, 0.25) is 11.0 Å². The first-order chi connectivity index (χ1) is 16.1. The molecule has 0 radical (unpaired) electrons. The first-order valence-electron chi connectivity index (χ1n) is 10.2. The SMILES string of the molecule is CCC(C)C(NC(=O)Nc1cccc(C(F)(F)F)c1)C(=O)Nc1nnc(-c2cccc(Br)c2)s1. The summed E-state index contributed by atoms with van der Waals surface area (Å²) in [5, 5.41) is 16.5. The quantitative estimate of drug-likeness (QED) is 0.325. The van der Waals surface area contributed by atoms with Crippen molar-refractivity contribution in [3.8, 4) is 10.6 Å². The Bertz CT molecular complexity index is 1170. The Morgan fingerprint density at radius 1 is 1.09 bits per heavy atom. The lowest BCUT2D eigenvalue weighted by Gasteiger charge is -2.23. The van der Waals surface area contributed by atoms with Crippen LogP contribution in [0.3, 0.4) is 0 Å². The fraction of sp³-hybridized carbons (Fsp3) is 0.273. The van der Waals surface area contributed by atoms with Gasteiger partial charge in [-0.05, 0) is 36.2 Å². The van der Waals surface area contributed by atoms with Gasteiger partial charge in [0.25, 0.3) is 0 Å². The predicted octanol–water partition coefficient (Wildman–Crippen LogP) is 6.16. The highest BCUT2D eigenvalue weighted by atomic mass is 79.9. The van der Waals surface area contributed by atoms with Crippen LogP contribution in [-0.4, -0.2) is 28.2 Å². The van der Waals surface area contributed by atoms with Crippen molar-refractivity contribution in [2.45, 2.75) is 32.5 Å². The number of urea groups is 1. The normalized spacial score (nSPS) is 13.1. The summed E-state index contributed by atoms with van der Waals surface area (Å²) in [6, 6.07) is 9.96. The zero-order valence-electron chi connectivity index (χ0n) is 18.1. The summed E-state index contributed by atoms with van der Waals surface area (Å²) in [6.45, 7) is 3.63. The number of carbonyl (C=O) groups excluding carboxylic acids is 2. The molecule has 3 N–H and O–H groups in total. The summed E-state index contributed by atoms with van der Waals surface area (Å²) in [6.07, 6.45) is -3.97. The Morgan fingerprint density at radius 2 is 1.82 bits per heavy atom. The molecule has 0 aliphatic carbocycles. The van der Waals surface area contributed by atoms with E-state index in [-0.39, 0.29) is 16.7 Å². The van der Waals surface area contributed by atoms with Gasteiger partial charge in [-0.15, -0.1) is 10.2 Å². The van der Waals surface area contributed by atoms with Crippen LogP contribution >= 0.6 is 27.3 Å². The minimum Gasteiger partial charge on any atom is -0.326 e.